The van der Waals surface area contributed by atoms with Gasteiger partial charge in [-0.25, -0.2) is 4.98 Å². The van der Waals surface area contributed by atoms with Crippen LogP contribution < -0.4 is 16.0 Å². The number of amides is 2. The summed E-state index contributed by atoms with van der Waals surface area (Å²) in [5, 5.41) is 8.49. The molecule has 0 unspecified atom stereocenters. The minimum Gasteiger partial charge on any atom is -0.370 e. The molecule has 21 heavy (non-hydrogen) atoms. The largest absolute Gasteiger partial charge is 0.370 e. The number of hydrogen-bond acceptors (Lipinski definition) is 4. The first-order valence-corrected chi connectivity index (χ1v) is 7.26. The zero-order chi connectivity index (χ0) is 15.8. The molecule has 0 radical (unpaired) electrons. The van der Waals surface area contributed by atoms with Gasteiger partial charge in [0.25, 0.3) is 5.91 Å². The molecule has 3 N–H and O–H groups in total. The first-order valence-electron chi connectivity index (χ1n) is 6.88. The van der Waals surface area contributed by atoms with E-state index in [0.717, 1.165) is 0 Å². The monoisotopic (exact) mass is 312 g/mol. The molecule has 0 saturated heterocycles. The van der Waals surface area contributed by atoms with Gasteiger partial charge in [-0.15, -0.1) is 0 Å². The summed E-state index contributed by atoms with van der Waals surface area (Å²) in [5.41, 5.74) is 0.364. The fourth-order valence-electron chi connectivity index (χ4n) is 1.54. The fraction of sp³-hybridized carbons (Fsp3) is 0.500. The van der Waals surface area contributed by atoms with Gasteiger partial charge in [0.2, 0.25) is 5.91 Å². The lowest BCUT2D eigenvalue weighted by Crippen LogP contribution is -2.38. The van der Waals surface area contributed by atoms with Crippen LogP contribution in [0.25, 0.3) is 0 Å². The zero-order valence-corrected chi connectivity index (χ0v) is 13.3. The van der Waals surface area contributed by atoms with E-state index in [4.69, 9.17) is 11.6 Å². The quantitative estimate of drug-likeness (QED) is 0.669. The molecule has 1 rings (SSSR count). The normalized spacial score (nSPS) is 10.3. The topological polar surface area (TPSA) is 83.1 Å². The third-order valence-corrected chi connectivity index (χ3v) is 2.72. The van der Waals surface area contributed by atoms with Crippen molar-refractivity contribution in [2.24, 2.45) is 5.92 Å². The molecule has 0 aliphatic heterocycles. The second-order valence-corrected chi connectivity index (χ2v) is 5.36. The van der Waals surface area contributed by atoms with Gasteiger partial charge < -0.3 is 16.0 Å². The van der Waals surface area contributed by atoms with Crippen LogP contribution in [0.1, 0.15) is 31.1 Å². The van der Waals surface area contributed by atoms with Crippen LogP contribution in [-0.4, -0.2) is 36.4 Å². The van der Waals surface area contributed by atoms with E-state index in [2.05, 4.69) is 20.9 Å². The van der Waals surface area contributed by atoms with Crippen molar-refractivity contribution in [3.63, 3.8) is 0 Å². The molecule has 1 aromatic heterocycles. The van der Waals surface area contributed by atoms with Crippen LogP contribution in [0.5, 0.6) is 0 Å². The van der Waals surface area contributed by atoms with Crippen molar-refractivity contribution in [3.05, 3.63) is 22.8 Å². The van der Waals surface area contributed by atoms with Gasteiger partial charge in [0.1, 0.15) is 11.0 Å². The number of hydrogen-bond donors (Lipinski definition) is 3. The molecule has 7 heteroatoms. The van der Waals surface area contributed by atoms with Crippen LogP contribution in [0, 0.1) is 5.92 Å². The van der Waals surface area contributed by atoms with Crippen molar-refractivity contribution >= 4 is 29.2 Å². The lowest BCUT2D eigenvalue weighted by molar-refractivity contribution is -0.120. The smallest absolute Gasteiger partial charge is 0.251 e. The van der Waals surface area contributed by atoms with Gasteiger partial charge >= 0.3 is 0 Å². The van der Waals surface area contributed by atoms with Gasteiger partial charge in [-0.1, -0.05) is 25.4 Å². The van der Waals surface area contributed by atoms with E-state index in [1.165, 1.54) is 6.07 Å². The Labute approximate surface area is 129 Å². The molecule has 0 saturated carbocycles. The summed E-state index contributed by atoms with van der Waals surface area (Å²) in [6.07, 6.45) is 0. The number of aromatic nitrogens is 1. The summed E-state index contributed by atoms with van der Waals surface area (Å²) < 4.78 is 0. The number of halogens is 1. The second kappa shape index (κ2) is 8.46. The van der Waals surface area contributed by atoms with Crippen molar-refractivity contribution in [3.8, 4) is 0 Å². The Bertz CT molecular complexity index is 506. The minimum absolute atomic E-state index is 0.0674. The SMILES string of the molecule is CCNc1cc(C(=O)NCC(=O)NCC(C)C)cc(Cl)n1. The summed E-state index contributed by atoms with van der Waals surface area (Å²) in [6.45, 7) is 7.11. The summed E-state index contributed by atoms with van der Waals surface area (Å²) in [4.78, 5) is 27.6. The van der Waals surface area contributed by atoms with Gasteiger partial charge in [0.05, 0.1) is 6.54 Å². The molecular formula is C14H21ClN4O2. The molecule has 0 aliphatic rings. The number of anilines is 1. The third-order valence-electron chi connectivity index (χ3n) is 2.53. The molecule has 0 atom stereocenters. The minimum atomic E-state index is -0.363. The third kappa shape index (κ3) is 6.44. The molecule has 0 fully saturated rings. The fourth-order valence-corrected chi connectivity index (χ4v) is 1.75. The molecular weight excluding hydrogens is 292 g/mol. The highest BCUT2D eigenvalue weighted by molar-refractivity contribution is 6.29. The van der Waals surface area contributed by atoms with E-state index in [-0.39, 0.29) is 23.5 Å². The summed E-state index contributed by atoms with van der Waals surface area (Å²) in [6, 6.07) is 3.06. The Hall–Kier alpha value is -1.82. The van der Waals surface area contributed by atoms with Crippen LogP contribution in [0.15, 0.2) is 12.1 Å². The standard InChI is InChI=1S/C14H21ClN4O2/c1-4-16-12-6-10(5-11(15)19-12)14(21)18-8-13(20)17-7-9(2)3/h5-6,9H,4,7-8H2,1-3H3,(H,16,19)(H,17,20)(H,18,21). The summed E-state index contributed by atoms with van der Waals surface area (Å²) >= 11 is 5.87. The molecule has 0 bridgehead atoms. The first kappa shape index (κ1) is 17.2. The maximum absolute atomic E-state index is 12.0. The van der Waals surface area contributed by atoms with Crippen molar-refractivity contribution in [1.29, 1.82) is 0 Å². The van der Waals surface area contributed by atoms with Crippen molar-refractivity contribution in [2.45, 2.75) is 20.8 Å². The lowest BCUT2D eigenvalue weighted by Gasteiger charge is -2.10. The zero-order valence-electron chi connectivity index (χ0n) is 12.5. The molecule has 1 heterocycles. The Morgan fingerprint density at radius 1 is 1.29 bits per heavy atom. The molecule has 116 valence electrons. The second-order valence-electron chi connectivity index (χ2n) is 4.97. The summed E-state index contributed by atoms with van der Waals surface area (Å²) in [5.74, 6) is 0.313. The van der Waals surface area contributed by atoms with Gasteiger partial charge in [-0.05, 0) is 25.0 Å². The van der Waals surface area contributed by atoms with Crippen LogP contribution in [-0.2, 0) is 4.79 Å². The van der Waals surface area contributed by atoms with Crippen LogP contribution in [0.3, 0.4) is 0 Å². The first-order chi connectivity index (χ1) is 9.92. The average Bonchev–Trinajstić information content (AvgIpc) is 2.42. The Kier molecular flexibility index (Phi) is 6.94. The predicted octanol–water partition coefficient (Wildman–Crippen LogP) is 1.67. The number of carbonyl (C=O) groups excluding carboxylic acids is 2. The molecule has 1 aromatic rings. The van der Waals surface area contributed by atoms with Gasteiger partial charge in [-0.2, -0.15) is 0 Å². The van der Waals surface area contributed by atoms with E-state index >= 15 is 0 Å². The highest BCUT2D eigenvalue weighted by Crippen LogP contribution is 2.14. The van der Waals surface area contributed by atoms with Crippen molar-refractivity contribution in [1.82, 2.24) is 15.6 Å². The van der Waals surface area contributed by atoms with Gasteiger partial charge in [0.15, 0.2) is 0 Å². The number of carbonyl (C=O) groups is 2. The highest BCUT2D eigenvalue weighted by atomic mass is 35.5. The molecule has 0 aliphatic carbocycles. The number of nitrogens with one attached hydrogen (secondary N) is 3. The van der Waals surface area contributed by atoms with Crippen molar-refractivity contribution < 1.29 is 9.59 Å². The van der Waals surface area contributed by atoms with E-state index < -0.39 is 0 Å². The van der Waals surface area contributed by atoms with Crippen LogP contribution >= 0.6 is 11.6 Å². The number of pyridine rings is 1. The molecule has 6 nitrogen and oxygen atoms in total. The maximum atomic E-state index is 12.0. The Morgan fingerprint density at radius 3 is 2.62 bits per heavy atom. The van der Waals surface area contributed by atoms with E-state index in [1.807, 2.05) is 20.8 Å². The Balaban J connectivity index is 2.57. The van der Waals surface area contributed by atoms with Gasteiger partial charge in [-0.3, -0.25) is 9.59 Å². The molecule has 2 amide bonds. The van der Waals surface area contributed by atoms with E-state index in [1.54, 1.807) is 6.07 Å². The van der Waals surface area contributed by atoms with E-state index in [0.29, 0.717) is 30.4 Å². The summed E-state index contributed by atoms with van der Waals surface area (Å²) in [7, 11) is 0. The average molecular weight is 313 g/mol. The lowest BCUT2D eigenvalue weighted by atomic mass is 10.2. The maximum Gasteiger partial charge on any atom is 0.251 e. The van der Waals surface area contributed by atoms with E-state index in [9.17, 15) is 9.59 Å². The van der Waals surface area contributed by atoms with Gasteiger partial charge in [0, 0.05) is 18.7 Å². The highest BCUT2D eigenvalue weighted by Gasteiger charge is 2.11. The number of rotatable bonds is 7. The van der Waals surface area contributed by atoms with Crippen molar-refractivity contribution in [2.75, 3.05) is 25.0 Å². The number of nitrogens with zero attached hydrogens (tertiary/aromatic N) is 1. The Morgan fingerprint density at radius 2 is 2.00 bits per heavy atom. The predicted molar refractivity (Wildman–Crippen MR) is 83.6 cm³/mol. The van der Waals surface area contributed by atoms with Crippen LogP contribution in [0.2, 0.25) is 5.15 Å². The molecule has 0 aromatic carbocycles. The van der Waals surface area contributed by atoms with Crippen LogP contribution in [0.4, 0.5) is 5.82 Å². The molecule has 0 spiro atoms.